The molecule has 15 heteroatoms. The highest BCUT2D eigenvalue weighted by molar-refractivity contribution is 7.92. The second-order valence-corrected chi connectivity index (χ2v) is 16.4. The molecular weight excluding hydrogens is 715 g/mol. The van der Waals surface area contributed by atoms with E-state index in [0.717, 1.165) is 10.7 Å². The average Bonchev–Trinajstić information content (AvgIpc) is 3.45. The highest BCUT2D eigenvalue weighted by atomic mass is 35.5. The van der Waals surface area contributed by atoms with Crippen molar-refractivity contribution in [1.82, 2.24) is 24.5 Å². The first kappa shape index (κ1) is 37.8. The normalized spacial score (nSPS) is 12.2. The third-order valence-electron chi connectivity index (χ3n) is 7.13. The predicted molar refractivity (Wildman–Crippen MR) is 198 cm³/mol. The second kappa shape index (κ2) is 15.0. The summed E-state index contributed by atoms with van der Waals surface area (Å²) >= 11 is 12.3. The molecule has 0 aliphatic carbocycles. The van der Waals surface area contributed by atoms with Crippen LogP contribution in [0, 0.1) is 0 Å². The van der Waals surface area contributed by atoms with Crippen molar-refractivity contribution < 1.29 is 27.4 Å². The Labute approximate surface area is 307 Å². The van der Waals surface area contributed by atoms with E-state index in [1.54, 1.807) is 36.7 Å². The van der Waals surface area contributed by atoms with Crippen molar-refractivity contribution in [3.8, 4) is 29.0 Å². The molecular formula is C36H40Cl2N6O6S. The lowest BCUT2D eigenvalue weighted by Crippen LogP contribution is -2.36. The second-order valence-electron chi connectivity index (χ2n) is 13.7. The maximum Gasteiger partial charge on any atom is 0.326 e. The molecule has 0 N–H and O–H groups in total. The van der Waals surface area contributed by atoms with Crippen LogP contribution in [0.2, 0.25) is 10.0 Å². The number of hydrogen-bond acceptors (Lipinski definition) is 10. The number of benzene rings is 2. The van der Waals surface area contributed by atoms with Crippen LogP contribution in [-0.4, -0.2) is 63.2 Å². The van der Waals surface area contributed by atoms with E-state index in [4.69, 9.17) is 37.4 Å². The Morgan fingerprint density at radius 1 is 0.902 bits per heavy atom. The van der Waals surface area contributed by atoms with E-state index in [-0.39, 0.29) is 33.2 Å². The molecule has 0 saturated carbocycles. The molecule has 0 spiro atoms. The Morgan fingerprint density at radius 3 is 2.27 bits per heavy atom. The van der Waals surface area contributed by atoms with Crippen LogP contribution in [0.5, 0.6) is 11.9 Å². The molecule has 0 saturated heterocycles. The summed E-state index contributed by atoms with van der Waals surface area (Å²) in [5, 5.41) is 0.961. The van der Waals surface area contributed by atoms with Gasteiger partial charge in [0.05, 0.1) is 34.0 Å². The number of anilines is 1. The van der Waals surface area contributed by atoms with Crippen LogP contribution >= 0.6 is 23.2 Å². The molecule has 5 rings (SSSR count). The summed E-state index contributed by atoms with van der Waals surface area (Å²) in [6.07, 6.45) is 6.31. The maximum atomic E-state index is 14.0. The standard InChI is InChI=1S/C36H40Cl2N6O6S/c1-8-9-14-48-32(45)21-44(51(46,47)27-17-24(37)16-25(38)18-27)26-10-11-30-23(15-26)12-13-43(30)31-19-29(40-22-41-31)28-20-39-34(50-36(5,6)7)42-33(28)49-35(2,3)4/h10-13,15-20,22H,8-9,14,21H2,1-7H3. The van der Waals surface area contributed by atoms with Gasteiger partial charge in [-0.2, -0.15) is 4.98 Å². The smallest absolute Gasteiger partial charge is 0.326 e. The Hall–Kier alpha value is -4.46. The monoisotopic (exact) mass is 754 g/mol. The van der Waals surface area contributed by atoms with Gasteiger partial charge in [0.1, 0.15) is 29.9 Å². The number of aromatic nitrogens is 5. The van der Waals surface area contributed by atoms with E-state index < -0.39 is 33.7 Å². The van der Waals surface area contributed by atoms with Gasteiger partial charge in [-0.15, -0.1) is 0 Å². The lowest BCUT2D eigenvalue weighted by molar-refractivity contribution is -0.141. The predicted octanol–water partition coefficient (Wildman–Crippen LogP) is 8.08. The van der Waals surface area contributed by atoms with Crippen molar-refractivity contribution in [1.29, 1.82) is 0 Å². The van der Waals surface area contributed by atoms with Gasteiger partial charge in [0, 0.05) is 33.9 Å². The molecule has 12 nitrogen and oxygen atoms in total. The van der Waals surface area contributed by atoms with E-state index in [1.165, 1.54) is 24.5 Å². The van der Waals surface area contributed by atoms with E-state index in [0.29, 0.717) is 40.3 Å². The molecule has 51 heavy (non-hydrogen) atoms. The average molecular weight is 756 g/mol. The fourth-order valence-corrected chi connectivity index (χ4v) is 7.07. The first-order valence-corrected chi connectivity index (χ1v) is 18.5. The SMILES string of the molecule is CCCCOC(=O)CN(c1ccc2c(ccn2-c2cc(-c3cnc(OC(C)(C)C)nc3OC(C)(C)C)ncn2)c1)S(=O)(=O)c1cc(Cl)cc(Cl)c1. The Bertz CT molecular complexity index is 2140. The highest BCUT2D eigenvalue weighted by Gasteiger charge is 2.29. The fourth-order valence-electron chi connectivity index (χ4n) is 4.94. The number of sulfonamides is 1. The molecule has 0 aliphatic heterocycles. The summed E-state index contributed by atoms with van der Waals surface area (Å²) in [5.74, 6) is 0.138. The number of hydrogen-bond donors (Lipinski definition) is 0. The summed E-state index contributed by atoms with van der Waals surface area (Å²) in [5.41, 5.74) is 0.929. The van der Waals surface area contributed by atoms with Crippen molar-refractivity contribution in [2.24, 2.45) is 0 Å². The van der Waals surface area contributed by atoms with Crippen LogP contribution in [0.3, 0.4) is 0 Å². The minimum Gasteiger partial charge on any atom is -0.471 e. The zero-order valence-electron chi connectivity index (χ0n) is 29.5. The quantitative estimate of drug-likeness (QED) is 0.0908. The molecule has 0 bridgehead atoms. The van der Waals surface area contributed by atoms with Crippen LogP contribution in [0.25, 0.3) is 28.0 Å². The Morgan fingerprint density at radius 2 is 1.61 bits per heavy atom. The van der Waals surface area contributed by atoms with E-state index in [1.807, 2.05) is 59.1 Å². The van der Waals surface area contributed by atoms with Gasteiger partial charge in [0.25, 0.3) is 10.0 Å². The molecule has 2 aromatic carbocycles. The van der Waals surface area contributed by atoms with Crippen molar-refractivity contribution >= 4 is 55.8 Å². The Balaban J connectivity index is 1.53. The summed E-state index contributed by atoms with van der Waals surface area (Å²) in [6.45, 7) is 13.1. The van der Waals surface area contributed by atoms with Crippen molar-refractivity contribution in [3.63, 3.8) is 0 Å². The number of esters is 1. The maximum absolute atomic E-state index is 14.0. The van der Waals surface area contributed by atoms with Gasteiger partial charge in [0.2, 0.25) is 5.88 Å². The lowest BCUT2D eigenvalue weighted by Gasteiger charge is -2.24. The van der Waals surface area contributed by atoms with Gasteiger partial charge in [-0.1, -0.05) is 36.5 Å². The summed E-state index contributed by atoms with van der Waals surface area (Å²) in [6, 6.07) is 12.8. The van der Waals surface area contributed by atoms with Gasteiger partial charge in [-0.3, -0.25) is 9.10 Å². The molecule has 3 aromatic heterocycles. The number of ether oxygens (including phenoxy) is 3. The van der Waals surface area contributed by atoms with E-state index >= 15 is 0 Å². The topological polar surface area (TPSA) is 139 Å². The van der Waals surface area contributed by atoms with Crippen LogP contribution < -0.4 is 13.8 Å². The van der Waals surface area contributed by atoms with Gasteiger partial charge >= 0.3 is 12.0 Å². The molecule has 0 unspecified atom stereocenters. The first-order chi connectivity index (χ1) is 23.9. The minimum atomic E-state index is -4.30. The first-order valence-electron chi connectivity index (χ1n) is 16.3. The van der Waals surface area contributed by atoms with Gasteiger partial charge < -0.3 is 18.8 Å². The summed E-state index contributed by atoms with van der Waals surface area (Å²) < 4.78 is 48.2. The molecule has 270 valence electrons. The molecule has 0 atom stereocenters. The van der Waals surface area contributed by atoms with Crippen LogP contribution in [-0.2, 0) is 19.6 Å². The van der Waals surface area contributed by atoms with Crippen molar-refractivity contribution in [2.75, 3.05) is 17.5 Å². The minimum absolute atomic E-state index is 0.140. The van der Waals surface area contributed by atoms with Gasteiger partial charge in [0.15, 0.2) is 0 Å². The number of rotatable bonds is 12. The zero-order valence-corrected chi connectivity index (χ0v) is 31.8. The molecule has 5 aromatic rings. The van der Waals surface area contributed by atoms with Gasteiger partial charge in [-0.25, -0.2) is 23.4 Å². The number of halogens is 2. The number of fused-ring (bicyclic) bond motifs is 1. The number of carbonyl (C=O) groups is 1. The van der Waals surface area contributed by atoms with Crippen molar-refractivity contribution in [3.05, 3.63) is 77.3 Å². The largest absolute Gasteiger partial charge is 0.471 e. The number of nitrogens with zero attached hydrogens (tertiary/aromatic N) is 6. The third kappa shape index (κ3) is 9.46. The Kier molecular flexibility index (Phi) is 11.1. The number of unbranched alkanes of at least 4 members (excludes halogenated alkanes) is 1. The van der Waals surface area contributed by atoms with Gasteiger partial charge in [-0.05, 0) is 90.4 Å². The fraction of sp³-hybridized carbons (Fsp3) is 0.361. The zero-order chi connectivity index (χ0) is 37.1. The highest BCUT2D eigenvalue weighted by Crippen LogP contribution is 2.34. The molecule has 3 heterocycles. The van der Waals surface area contributed by atoms with E-state index in [9.17, 15) is 13.2 Å². The van der Waals surface area contributed by atoms with Crippen LogP contribution in [0.15, 0.2) is 72.1 Å². The van der Waals surface area contributed by atoms with Crippen LogP contribution in [0.1, 0.15) is 61.3 Å². The molecule has 0 aliphatic rings. The molecule has 0 fully saturated rings. The third-order valence-corrected chi connectivity index (χ3v) is 9.32. The van der Waals surface area contributed by atoms with E-state index in [2.05, 4.69) is 19.9 Å². The summed E-state index contributed by atoms with van der Waals surface area (Å²) in [4.78, 5) is 30.7. The van der Waals surface area contributed by atoms with Crippen molar-refractivity contribution in [2.45, 2.75) is 77.4 Å². The number of carbonyl (C=O) groups excluding carboxylic acids is 1. The van der Waals surface area contributed by atoms with Crippen LogP contribution in [0.4, 0.5) is 5.69 Å². The molecule has 0 radical (unpaired) electrons. The summed E-state index contributed by atoms with van der Waals surface area (Å²) in [7, 11) is -4.30. The lowest BCUT2D eigenvalue weighted by atomic mass is 10.1. The molecule has 0 amide bonds.